The van der Waals surface area contributed by atoms with E-state index in [-0.39, 0.29) is 5.92 Å². The van der Waals surface area contributed by atoms with Gasteiger partial charge in [-0.2, -0.15) is 4.98 Å². The number of aryl methyl sites for hydroxylation is 1. The molecule has 0 spiro atoms. The van der Waals surface area contributed by atoms with Crippen LogP contribution in [0.4, 0.5) is 0 Å². The molecule has 1 aliphatic rings. The Kier molecular flexibility index (Phi) is 2.88. The number of hydrogen-bond donors (Lipinski definition) is 0. The molecule has 94 valence electrons. The van der Waals surface area contributed by atoms with Gasteiger partial charge in [0.15, 0.2) is 0 Å². The molecule has 4 nitrogen and oxygen atoms in total. The summed E-state index contributed by atoms with van der Waals surface area (Å²) in [6.45, 7) is 5.64. The smallest absolute Gasteiger partial charge is 0.232 e. The molecular weight excluding hydrogens is 228 g/mol. The Balaban J connectivity index is 1.95. The molecule has 1 atom stereocenters. The third kappa shape index (κ3) is 1.93. The number of nitrogens with zero attached hydrogens (tertiary/aromatic N) is 2. The van der Waals surface area contributed by atoms with Crippen LogP contribution in [-0.2, 0) is 4.74 Å². The molecule has 1 unspecified atom stereocenters. The van der Waals surface area contributed by atoms with Crippen molar-refractivity contribution in [2.24, 2.45) is 0 Å². The predicted octanol–water partition coefficient (Wildman–Crippen LogP) is 2.86. The summed E-state index contributed by atoms with van der Waals surface area (Å²) in [4.78, 5) is 4.51. The molecule has 0 bridgehead atoms. The first-order chi connectivity index (χ1) is 8.75. The molecule has 3 rings (SSSR count). The lowest BCUT2D eigenvalue weighted by Crippen LogP contribution is -1.97. The van der Waals surface area contributed by atoms with E-state index in [0.717, 1.165) is 18.6 Å². The zero-order valence-corrected chi connectivity index (χ0v) is 10.6. The standard InChI is InChI=1S/C14H16N2O2/c1-9-4-3-5-12(10(9)2)13-15-14(18-16-13)11-6-7-17-8-11/h3-5,11H,6-8H2,1-2H3. The Morgan fingerprint density at radius 3 is 2.94 bits per heavy atom. The minimum absolute atomic E-state index is 0.261. The van der Waals surface area contributed by atoms with Gasteiger partial charge < -0.3 is 9.26 Å². The summed E-state index contributed by atoms with van der Waals surface area (Å²) in [6, 6.07) is 6.14. The van der Waals surface area contributed by atoms with Gasteiger partial charge in [-0.25, -0.2) is 0 Å². The average Bonchev–Trinajstić information content (AvgIpc) is 3.01. The lowest BCUT2D eigenvalue weighted by atomic mass is 10.0. The molecule has 2 heterocycles. The van der Waals surface area contributed by atoms with Crippen LogP contribution < -0.4 is 0 Å². The maximum atomic E-state index is 5.36. The molecule has 1 fully saturated rings. The fourth-order valence-electron chi connectivity index (χ4n) is 2.23. The Hall–Kier alpha value is -1.68. The second kappa shape index (κ2) is 4.53. The average molecular weight is 244 g/mol. The minimum Gasteiger partial charge on any atom is -0.381 e. The van der Waals surface area contributed by atoms with Gasteiger partial charge in [-0.1, -0.05) is 23.4 Å². The zero-order chi connectivity index (χ0) is 12.5. The van der Waals surface area contributed by atoms with Gasteiger partial charge in [-0.05, 0) is 31.4 Å². The Morgan fingerprint density at radius 2 is 2.17 bits per heavy atom. The van der Waals surface area contributed by atoms with E-state index in [1.807, 2.05) is 12.1 Å². The van der Waals surface area contributed by atoms with Crippen molar-refractivity contribution in [3.8, 4) is 11.4 Å². The first kappa shape index (κ1) is 11.4. The Labute approximate surface area is 106 Å². The molecule has 1 saturated heterocycles. The third-order valence-corrected chi connectivity index (χ3v) is 3.57. The van der Waals surface area contributed by atoms with E-state index >= 15 is 0 Å². The van der Waals surface area contributed by atoms with E-state index in [4.69, 9.17) is 9.26 Å². The van der Waals surface area contributed by atoms with Gasteiger partial charge in [-0.15, -0.1) is 0 Å². The van der Waals surface area contributed by atoms with E-state index in [9.17, 15) is 0 Å². The van der Waals surface area contributed by atoms with Gasteiger partial charge in [0.05, 0.1) is 12.5 Å². The summed E-state index contributed by atoms with van der Waals surface area (Å²) in [5.74, 6) is 1.64. The van der Waals surface area contributed by atoms with Crippen molar-refractivity contribution >= 4 is 0 Å². The van der Waals surface area contributed by atoms with Crippen LogP contribution in [0.15, 0.2) is 22.7 Å². The normalized spacial score (nSPS) is 19.3. The second-order valence-corrected chi connectivity index (χ2v) is 4.76. The quantitative estimate of drug-likeness (QED) is 0.815. The maximum Gasteiger partial charge on any atom is 0.232 e. The van der Waals surface area contributed by atoms with Crippen LogP contribution in [0, 0.1) is 13.8 Å². The number of rotatable bonds is 2. The van der Waals surface area contributed by atoms with Crippen molar-refractivity contribution in [1.29, 1.82) is 0 Å². The molecule has 1 aromatic heterocycles. The van der Waals surface area contributed by atoms with Crippen molar-refractivity contribution in [2.75, 3.05) is 13.2 Å². The molecule has 0 saturated carbocycles. The molecule has 1 aliphatic heterocycles. The van der Waals surface area contributed by atoms with Crippen LogP contribution in [0.3, 0.4) is 0 Å². The summed E-state index contributed by atoms with van der Waals surface area (Å²) in [5.41, 5.74) is 3.49. The van der Waals surface area contributed by atoms with Gasteiger partial charge in [0.1, 0.15) is 0 Å². The summed E-state index contributed by atoms with van der Waals surface area (Å²) >= 11 is 0. The van der Waals surface area contributed by atoms with E-state index in [1.165, 1.54) is 11.1 Å². The number of aromatic nitrogens is 2. The number of ether oxygens (including phenoxy) is 1. The second-order valence-electron chi connectivity index (χ2n) is 4.76. The molecule has 18 heavy (non-hydrogen) atoms. The molecule has 0 aliphatic carbocycles. The molecule has 0 radical (unpaired) electrons. The van der Waals surface area contributed by atoms with E-state index < -0.39 is 0 Å². The largest absolute Gasteiger partial charge is 0.381 e. The summed E-state index contributed by atoms with van der Waals surface area (Å²) in [5, 5.41) is 4.09. The summed E-state index contributed by atoms with van der Waals surface area (Å²) in [7, 11) is 0. The Morgan fingerprint density at radius 1 is 1.28 bits per heavy atom. The fourth-order valence-corrected chi connectivity index (χ4v) is 2.23. The monoisotopic (exact) mass is 244 g/mol. The Bertz CT molecular complexity index is 557. The van der Waals surface area contributed by atoms with Crippen LogP contribution in [0.2, 0.25) is 0 Å². The zero-order valence-electron chi connectivity index (χ0n) is 10.6. The number of benzene rings is 1. The van der Waals surface area contributed by atoms with Crippen LogP contribution in [0.25, 0.3) is 11.4 Å². The molecule has 2 aromatic rings. The first-order valence-corrected chi connectivity index (χ1v) is 6.23. The van der Waals surface area contributed by atoms with Gasteiger partial charge in [-0.3, -0.25) is 0 Å². The van der Waals surface area contributed by atoms with Gasteiger partial charge in [0.25, 0.3) is 0 Å². The fraction of sp³-hybridized carbons (Fsp3) is 0.429. The highest BCUT2D eigenvalue weighted by Crippen LogP contribution is 2.27. The highest BCUT2D eigenvalue weighted by atomic mass is 16.5. The highest BCUT2D eigenvalue weighted by molar-refractivity contribution is 5.61. The van der Waals surface area contributed by atoms with Crippen molar-refractivity contribution < 1.29 is 9.26 Å². The van der Waals surface area contributed by atoms with Crippen LogP contribution in [0.5, 0.6) is 0 Å². The molecule has 0 N–H and O–H groups in total. The van der Waals surface area contributed by atoms with Gasteiger partial charge in [0.2, 0.25) is 11.7 Å². The van der Waals surface area contributed by atoms with Crippen LogP contribution in [0.1, 0.15) is 29.4 Å². The summed E-state index contributed by atoms with van der Waals surface area (Å²) < 4.78 is 10.7. The lowest BCUT2D eigenvalue weighted by Gasteiger charge is -2.03. The van der Waals surface area contributed by atoms with Gasteiger partial charge >= 0.3 is 0 Å². The van der Waals surface area contributed by atoms with E-state index in [2.05, 4.69) is 30.1 Å². The van der Waals surface area contributed by atoms with Crippen molar-refractivity contribution in [3.63, 3.8) is 0 Å². The van der Waals surface area contributed by atoms with Crippen LogP contribution >= 0.6 is 0 Å². The molecular formula is C14H16N2O2. The van der Waals surface area contributed by atoms with E-state index in [0.29, 0.717) is 18.3 Å². The molecule has 4 heteroatoms. The topological polar surface area (TPSA) is 48.2 Å². The SMILES string of the molecule is Cc1cccc(-c2noc(C3CCOC3)n2)c1C. The number of hydrogen-bond acceptors (Lipinski definition) is 4. The van der Waals surface area contributed by atoms with Crippen LogP contribution in [-0.4, -0.2) is 23.4 Å². The minimum atomic E-state index is 0.261. The molecule has 1 aromatic carbocycles. The predicted molar refractivity (Wildman–Crippen MR) is 67.4 cm³/mol. The van der Waals surface area contributed by atoms with E-state index in [1.54, 1.807) is 0 Å². The van der Waals surface area contributed by atoms with Gasteiger partial charge in [0, 0.05) is 12.2 Å². The highest BCUT2D eigenvalue weighted by Gasteiger charge is 2.24. The van der Waals surface area contributed by atoms with Crippen molar-refractivity contribution in [3.05, 3.63) is 35.2 Å². The summed E-state index contributed by atoms with van der Waals surface area (Å²) in [6.07, 6.45) is 0.967. The van der Waals surface area contributed by atoms with Crippen molar-refractivity contribution in [2.45, 2.75) is 26.2 Å². The first-order valence-electron chi connectivity index (χ1n) is 6.23. The molecule has 0 amide bonds. The lowest BCUT2D eigenvalue weighted by molar-refractivity contribution is 0.189. The maximum absolute atomic E-state index is 5.36. The van der Waals surface area contributed by atoms with Crippen molar-refractivity contribution in [1.82, 2.24) is 10.1 Å². The third-order valence-electron chi connectivity index (χ3n) is 3.57.